The van der Waals surface area contributed by atoms with E-state index in [1.165, 1.54) is 80.3 Å². The molecule has 0 aliphatic rings. The highest BCUT2D eigenvalue weighted by Crippen LogP contribution is 2.49. The van der Waals surface area contributed by atoms with Gasteiger partial charge in [-0.3, -0.25) is 0 Å². The Balaban J connectivity index is 1.25. The van der Waals surface area contributed by atoms with Crippen LogP contribution in [0.5, 0.6) is 0 Å². The summed E-state index contributed by atoms with van der Waals surface area (Å²) in [6, 6.07) is 71.0. The molecule has 0 atom stereocenters. The molecule has 2 nitrogen and oxygen atoms in total. The molecule has 0 aliphatic carbocycles. The fourth-order valence-electron chi connectivity index (χ4n) is 8.34. The van der Waals surface area contributed by atoms with Gasteiger partial charge in [0, 0.05) is 42.3 Å². The zero-order valence-corrected chi connectivity index (χ0v) is 29.6. The molecule has 9 aromatic carbocycles. The molecule has 11 rings (SSSR count). The van der Waals surface area contributed by atoms with Crippen LogP contribution in [-0.4, -0.2) is 4.57 Å². The van der Waals surface area contributed by atoms with Crippen molar-refractivity contribution in [2.45, 2.75) is 0 Å². The third-order valence-electron chi connectivity index (χ3n) is 10.7. The van der Waals surface area contributed by atoms with E-state index in [0.717, 1.165) is 17.1 Å². The topological polar surface area (TPSA) is 8.17 Å². The van der Waals surface area contributed by atoms with Crippen molar-refractivity contribution >= 4 is 91.9 Å². The molecule has 53 heavy (non-hydrogen) atoms. The van der Waals surface area contributed by atoms with E-state index in [1.54, 1.807) is 0 Å². The van der Waals surface area contributed by atoms with E-state index < -0.39 is 0 Å². The highest BCUT2D eigenvalue weighted by molar-refractivity contribution is 7.26. The van der Waals surface area contributed by atoms with Crippen molar-refractivity contribution in [3.05, 3.63) is 194 Å². The molecule has 2 aromatic heterocycles. The second kappa shape index (κ2) is 11.9. The lowest BCUT2D eigenvalue weighted by Gasteiger charge is -2.28. The highest BCUT2D eigenvalue weighted by atomic mass is 32.1. The molecule has 0 radical (unpaired) electrons. The van der Waals surface area contributed by atoms with E-state index in [-0.39, 0.29) is 0 Å². The Morgan fingerprint density at radius 3 is 1.83 bits per heavy atom. The lowest BCUT2D eigenvalue weighted by atomic mass is 10.0. The van der Waals surface area contributed by atoms with Gasteiger partial charge in [-0.1, -0.05) is 133 Å². The maximum absolute atomic E-state index is 2.50. The zero-order valence-electron chi connectivity index (χ0n) is 28.8. The number of fused-ring (bicyclic) bond motifs is 9. The number of hydrogen-bond acceptors (Lipinski definition) is 2. The molecule has 2 heterocycles. The fourth-order valence-corrected chi connectivity index (χ4v) is 9.60. The number of aromatic nitrogens is 1. The van der Waals surface area contributed by atoms with E-state index >= 15 is 0 Å². The average Bonchev–Trinajstić information content (AvgIpc) is 3.77. The first-order valence-electron chi connectivity index (χ1n) is 18.1. The van der Waals surface area contributed by atoms with Crippen molar-refractivity contribution in [2.24, 2.45) is 0 Å². The average molecular weight is 693 g/mol. The van der Waals surface area contributed by atoms with Crippen LogP contribution >= 0.6 is 11.3 Å². The molecule has 0 aliphatic heterocycles. The summed E-state index contributed by atoms with van der Waals surface area (Å²) in [6.07, 6.45) is 0. The molecule has 0 saturated heterocycles. The van der Waals surface area contributed by atoms with Crippen LogP contribution in [0.2, 0.25) is 0 Å². The van der Waals surface area contributed by atoms with Crippen molar-refractivity contribution in [1.82, 2.24) is 4.57 Å². The first kappa shape index (κ1) is 30.0. The van der Waals surface area contributed by atoms with Crippen LogP contribution in [0.15, 0.2) is 194 Å². The summed E-state index contributed by atoms with van der Waals surface area (Å²) in [4.78, 5) is 2.50. The molecule has 0 bridgehead atoms. The van der Waals surface area contributed by atoms with Crippen molar-refractivity contribution < 1.29 is 0 Å². The maximum Gasteiger partial charge on any atom is 0.0562 e. The van der Waals surface area contributed by atoms with Crippen LogP contribution < -0.4 is 4.90 Å². The zero-order chi connectivity index (χ0) is 34.9. The van der Waals surface area contributed by atoms with Crippen LogP contribution in [0.1, 0.15) is 0 Å². The minimum absolute atomic E-state index is 1.12. The summed E-state index contributed by atoms with van der Waals surface area (Å²) in [6.45, 7) is 0. The molecular weight excluding hydrogens is 661 g/mol. The van der Waals surface area contributed by atoms with Gasteiger partial charge in [-0.05, 0) is 93.3 Å². The molecule has 0 N–H and O–H groups in total. The third-order valence-corrected chi connectivity index (χ3v) is 11.9. The fraction of sp³-hybridized carbons (Fsp3) is 0. The Hall–Kier alpha value is -6.68. The van der Waals surface area contributed by atoms with Crippen molar-refractivity contribution in [1.29, 1.82) is 0 Å². The van der Waals surface area contributed by atoms with Crippen LogP contribution in [0.4, 0.5) is 17.1 Å². The molecule has 248 valence electrons. The summed E-state index contributed by atoms with van der Waals surface area (Å²) in [5.41, 5.74) is 9.37. The van der Waals surface area contributed by atoms with Crippen molar-refractivity contribution in [2.75, 3.05) is 4.90 Å². The van der Waals surface area contributed by atoms with Crippen molar-refractivity contribution in [3.63, 3.8) is 0 Å². The Kier molecular flexibility index (Phi) is 6.76. The summed E-state index contributed by atoms with van der Waals surface area (Å²) < 4.78 is 5.05. The first-order valence-corrected chi connectivity index (χ1v) is 18.9. The molecule has 0 spiro atoms. The van der Waals surface area contributed by atoms with E-state index in [4.69, 9.17) is 0 Å². The van der Waals surface area contributed by atoms with Crippen LogP contribution in [-0.2, 0) is 0 Å². The molecule has 0 fully saturated rings. The van der Waals surface area contributed by atoms with E-state index in [2.05, 4.69) is 204 Å². The Morgan fingerprint density at radius 2 is 1.04 bits per heavy atom. The normalized spacial score (nSPS) is 11.8. The Morgan fingerprint density at radius 1 is 0.396 bits per heavy atom. The summed E-state index contributed by atoms with van der Waals surface area (Å²) >= 11 is 1.89. The van der Waals surface area contributed by atoms with Gasteiger partial charge in [-0.25, -0.2) is 0 Å². The Labute approximate surface area is 311 Å². The number of anilines is 3. The Bertz CT molecular complexity index is 3160. The second-order valence-electron chi connectivity index (χ2n) is 13.7. The standard InChI is InChI=1S/C50H32N2S/c1-3-13-33(14-4-1)34-25-28-39(29-26-34)51(45-23-12-24-47-49(45)41-30-27-35-15-9-10-20-40(35)50(41)53-47)43-21-11-22-44-48(43)42-31-36-16-7-8-17-37(36)32-46(42)52(44)38-18-5-2-6-19-38/h1-32H. The SMILES string of the molecule is c1ccc(-c2ccc(N(c3cccc4sc5c6ccccc6ccc5c34)c3cccc4c3c3cc5ccccc5cc3n4-c3ccccc3)cc2)cc1. The van der Waals surface area contributed by atoms with Gasteiger partial charge in [0.1, 0.15) is 0 Å². The summed E-state index contributed by atoms with van der Waals surface area (Å²) in [5.74, 6) is 0. The van der Waals surface area contributed by atoms with Crippen LogP contribution in [0.25, 0.3) is 80.3 Å². The summed E-state index contributed by atoms with van der Waals surface area (Å²) in [5, 5.41) is 10.1. The lowest BCUT2D eigenvalue weighted by Crippen LogP contribution is -2.11. The number of hydrogen-bond donors (Lipinski definition) is 0. The predicted molar refractivity (Wildman–Crippen MR) is 229 cm³/mol. The molecule has 0 amide bonds. The quantitative estimate of drug-likeness (QED) is 0.174. The lowest BCUT2D eigenvalue weighted by molar-refractivity contribution is 1.18. The van der Waals surface area contributed by atoms with Gasteiger partial charge in [0.2, 0.25) is 0 Å². The molecule has 0 saturated carbocycles. The molecule has 3 heteroatoms. The van der Waals surface area contributed by atoms with Gasteiger partial charge in [0.25, 0.3) is 0 Å². The maximum atomic E-state index is 2.50. The highest BCUT2D eigenvalue weighted by Gasteiger charge is 2.24. The first-order chi connectivity index (χ1) is 26.3. The van der Waals surface area contributed by atoms with Crippen LogP contribution in [0, 0.1) is 0 Å². The second-order valence-corrected chi connectivity index (χ2v) is 14.8. The predicted octanol–water partition coefficient (Wildman–Crippen LogP) is 14.6. The minimum Gasteiger partial charge on any atom is -0.309 e. The number of nitrogens with zero attached hydrogens (tertiary/aromatic N) is 2. The molecular formula is C50H32N2S. The van der Waals surface area contributed by atoms with Gasteiger partial charge in [-0.15, -0.1) is 11.3 Å². The monoisotopic (exact) mass is 692 g/mol. The largest absolute Gasteiger partial charge is 0.309 e. The summed E-state index contributed by atoms with van der Waals surface area (Å²) in [7, 11) is 0. The number of benzene rings is 9. The number of para-hydroxylation sites is 1. The number of thiophene rings is 1. The van der Waals surface area contributed by atoms with E-state index in [9.17, 15) is 0 Å². The minimum atomic E-state index is 1.12. The van der Waals surface area contributed by atoms with Gasteiger partial charge in [-0.2, -0.15) is 0 Å². The number of rotatable bonds is 5. The van der Waals surface area contributed by atoms with Crippen LogP contribution in [0.3, 0.4) is 0 Å². The van der Waals surface area contributed by atoms with Gasteiger partial charge in [0.15, 0.2) is 0 Å². The molecule has 11 aromatic rings. The van der Waals surface area contributed by atoms with Crippen molar-refractivity contribution in [3.8, 4) is 16.8 Å². The van der Waals surface area contributed by atoms with E-state index in [0.29, 0.717) is 0 Å². The van der Waals surface area contributed by atoms with E-state index in [1.807, 2.05) is 11.3 Å². The molecule has 0 unspecified atom stereocenters. The van der Waals surface area contributed by atoms with Gasteiger partial charge >= 0.3 is 0 Å². The third kappa shape index (κ3) is 4.71. The van der Waals surface area contributed by atoms with Gasteiger partial charge in [0.05, 0.1) is 22.4 Å². The van der Waals surface area contributed by atoms with Gasteiger partial charge < -0.3 is 9.47 Å². The smallest absolute Gasteiger partial charge is 0.0562 e.